The number of aryl methyl sites for hydroxylation is 1. The molecule has 0 aliphatic carbocycles. The molecule has 1 aliphatic rings. The Balaban J connectivity index is 2.28. The first-order chi connectivity index (χ1) is 8.63. The predicted molar refractivity (Wildman–Crippen MR) is 77.0 cm³/mol. The maximum atomic E-state index is 4.49. The van der Waals surface area contributed by atoms with E-state index in [1.807, 2.05) is 7.05 Å². The van der Waals surface area contributed by atoms with Gasteiger partial charge < -0.3 is 5.32 Å². The highest BCUT2D eigenvalue weighted by Crippen LogP contribution is 2.34. The number of aromatic nitrogens is 1. The average Bonchev–Trinajstić information content (AvgIpc) is 2.38. The Morgan fingerprint density at radius 2 is 2.17 bits per heavy atom. The van der Waals surface area contributed by atoms with Crippen molar-refractivity contribution in [1.82, 2.24) is 9.88 Å². The highest BCUT2D eigenvalue weighted by atomic mass is 15.2. The number of likely N-dealkylation sites (tertiary alicyclic amines) is 1. The molecule has 2 rings (SSSR count). The number of nitrogens with zero attached hydrogens (tertiary/aromatic N) is 2. The average molecular weight is 247 g/mol. The van der Waals surface area contributed by atoms with Crippen LogP contribution in [0.25, 0.3) is 0 Å². The number of anilines is 1. The van der Waals surface area contributed by atoms with Crippen molar-refractivity contribution < 1.29 is 0 Å². The molecule has 1 aromatic heterocycles. The van der Waals surface area contributed by atoms with E-state index in [0.717, 1.165) is 5.82 Å². The van der Waals surface area contributed by atoms with Gasteiger partial charge in [0.15, 0.2) is 0 Å². The summed E-state index contributed by atoms with van der Waals surface area (Å²) in [6.07, 6.45) is 5.99. The van der Waals surface area contributed by atoms with Crippen molar-refractivity contribution in [2.45, 2.75) is 52.1 Å². The molecule has 1 aromatic rings. The fraction of sp³-hybridized carbons (Fsp3) is 0.667. The van der Waals surface area contributed by atoms with E-state index in [0.29, 0.717) is 12.1 Å². The van der Waals surface area contributed by atoms with Crippen LogP contribution in [-0.2, 0) is 0 Å². The van der Waals surface area contributed by atoms with Gasteiger partial charge in [0.05, 0.1) is 0 Å². The molecule has 1 saturated heterocycles. The summed E-state index contributed by atoms with van der Waals surface area (Å²) in [5, 5.41) is 3.11. The molecule has 1 N–H and O–H groups in total. The lowest BCUT2D eigenvalue weighted by atomic mass is 9.92. The van der Waals surface area contributed by atoms with E-state index >= 15 is 0 Å². The van der Waals surface area contributed by atoms with E-state index in [1.165, 1.54) is 36.9 Å². The van der Waals surface area contributed by atoms with Crippen LogP contribution in [0.4, 0.5) is 5.82 Å². The van der Waals surface area contributed by atoms with Crippen LogP contribution in [0.2, 0.25) is 0 Å². The molecule has 2 heterocycles. The molecule has 1 aliphatic heterocycles. The quantitative estimate of drug-likeness (QED) is 0.887. The van der Waals surface area contributed by atoms with Crippen LogP contribution >= 0.6 is 0 Å². The Labute approximate surface area is 111 Å². The van der Waals surface area contributed by atoms with Crippen LogP contribution in [0.15, 0.2) is 12.3 Å². The second-order valence-corrected chi connectivity index (χ2v) is 5.52. The smallest absolute Gasteiger partial charge is 0.125 e. The second kappa shape index (κ2) is 5.70. The minimum absolute atomic E-state index is 0.553. The third-order valence-corrected chi connectivity index (χ3v) is 3.97. The largest absolute Gasteiger partial charge is 0.373 e. The molecule has 0 radical (unpaired) electrons. The van der Waals surface area contributed by atoms with Gasteiger partial charge in [0.25, 0.3) is 0 Å². The Morgan fingerprint density at radius 3 is 2.78 bits per heavy atom. The van der Waals surface area contributed by atoms with Gasteiger partial charge in [-0.25, -0.2) is 4.98 Å². The molecular formula is C15H25N3. The Bertz CT molecular complexity index is 401. The Hall–Kier alpha value is -1.09. The SMILES string of the molecule is CNc1cc(C)c([C@H]2CCCCN2C(C)C)cn1. The minimum Gasteiger partial charge on any atom is -0.373 e. The van der Waals surface area contributed by atoms with Gasteiger partial charge in [0, 0.05) is 25.3 Å². The number of rotatable bonds is 3. The fourth-order valence-corrected chi connectivity index (χ4v) is 2.96. The van der Waals surface area contributed by atoms with Crippen molar-refractivity contribution >= 4 is 5.82 Å². The van der Waals surface area contributed by atoms with Gasteiger partial charge >= 0.3 is 0 Å². The van der Waals surface area contributed by atoms with Crippen molar-refractivity contribution in [3.63, 3.8) is 0 Å². The molecule has 0 saturated carbocycles. The summed E-state index contributed by atoms with van der Waals surface area (Å²) in [5.41, 5.74) is 2.76. The minimum atomic E-state index is 0.553. The van der Waals surface area contributed by atoms with Crippen molar-refractivity contribution in [3.05, 3.63) is 23.4 Å². The Morgan fingerprint density at radius 1 is 1.39 bits per heavy atom. The van der Waals surface area contributed by atoms with Crippen LogP contribution in [0.1, 0.15) is 50.3 Å². The van der Waals surface area contributed by atoms with Gasteiger partial charge in [-0.3, -0.25) is 4.90 Å². The predicted octanol–water partition coefficient (Wildman–Crippen LogP) is 3.37. The van der Waals surface area contributed by atoms with Crippen molar-refractivity contribution in [2.24, 2.45) is 0 Å². The number of hydrogen-bond donors (Lipinski definition) is 1. The summed E-state index contributed by atoms with van der Waals surface area (Å²) < 4.78 is 0. The molecule has 0 bridgehead atoms. The number of piperidine rings is 1. The number of nitrogens with one attached hydrogen (secondary N) is 1. The highest BCUT2D eigenvalue weighted by molar-refractivity contribution is 5.41. The zero-order valence-corrected chi connectivity index (χ0v) is 12.0. The standard InChI is InChI=1S/C15H25N3/c1-11(2)18-8-6-5-7-14(18)13-10-17-15(16-4)9-12(13)3/h9-11,14H,5-8H2,1-4H3,(H,16,17)/t14-/m1/s1. The first-order valence-electron chi connectivity index (χ1n) is 7.03. The first kappa shape index (κ1) is 13.3. The lowest BCUT2D eigenvalue weighted by Gasteiger charge is -2.39. The summed E-state index contributed by atoms with van der Waals surface area (Å²) in [6, 6.07) is 3.32. The molecule has 0 spiro atoms. The summed E-state index contributed by atoms with van der Waals surface area (Å²) >= 11 is 0. The third-order valence-electron chi connectivity index (χ3n) is 3.97. The van der Waals surface area contributed by atoms with E-state index in [1.54, 1.807) is 0 Å². The molecule has 0 unspecified atom stereocenters. The van der Waals surface area contributed by atoms with Crippen LogP contribution in [-0.4, -0.2) is 29.5 Å². The molecule has 100 valence electrons. The molecule has 3 nitrogen and oxygen atoms in total. The van der Waals surface area contributed by atoms with Crippen LogP contribution in [0.3, 0.4) is 0 Å². The van der Waals surface area contributed by atoms with E-state index in [4.69, 9.17) is 0 Å². The third kappa shape index (κ3) is 2.66. The van der Waals surface area contributed by atoms with Crippen molar-refractivity contribution in [2.75, 3.05) is 18.9 Å². The summed E-state index contributed by atoms with van der Waals surface area (Å²) in [4.78, 5) is 7.11. The topological polar surface area (TPSA) is 28.2 Å². The number of hydrogen-bond acceptors (Lipinski definition) is 3. The zero-order valence-electron chi connectivity index (χ0n) is 12.0. The molecule has 0 aromatic carbocycles. The summed E-state index contributed by atoms with van der Waals surface area (Å²) in [7, 11) is 1.92. The monoisotopic (exact) mass is 247 g/mol. The van der Waals surface area contributed by atoms with Crippen LogP contribution < -0.4 is 5.32 Å². The normalized spacial score (nSPS) is 21.3. The highest BCUT2D eigenvalue weighted by Gasteiger charge is 2.27. The van der Waals surface area contributed by atoms with Crippen LogP contribution in [0, 0.1) is 6.92 Å². The van der Waals surface area contributed by atoms with Gasteiger partial charge in [-0.1, -0.05) is 6.42 Å². The van der Waals surface area contributed by atoms with Crippen LogP contribution in [0.5, 0.6) is 0 Å². The second-order valence-electron chi connectivity index (χ2n) is 5.52. The van der Waals surface area contributed by atoms with E-state index < -0.39 is 0 Å². The van der Waals surface area contributed by atoms with Crippen molar-refractivity contribution in [1.29, 1.82) is 0 Å². The van der Waals surface area contributed by atoms with Gasteiger partial charge in [-0.15, -0.1) is 0 Å². The maximum Gasteiger partial charge on any atom is 0.125 e. The zero-order chi connectivity index (χ0) is 13.1. The molecule has 1 fully saturated rings. The number of pyridine rings is 1. The van der Waals surface area contributed by atoms with E-state index in [2.05, 4.69) is 48.2 Å². The molecule has 18 heavy (non-hydrogen) atoms. The van der Waals surface area contributed by atoms with Gasteiger partial charge in [-0.2, -0.15) is 0 Å². The van der Waals surface area contributed by atoms with E-state index in [-0.39, 0.29) is 0 Å². The molecule has 3 heteroatoms. The van der Waals surface area contributed by atoms with Crippen molar-refractivity contribution in [3.8, 4) is 0 Å². The van der Waals surface area contributed by atoms with Gasteiger partial charge in [0.1, 0.15) is 5.82 Å². The summed E-state index contributed by atoms with van der Waals surface area (Å²) in [5.74, 6) is 0.961. The summed E-state index contributed by atoms with van der Waals surface area (Å²) in [6.45, 7) is 8.01. The van der Waals surface area contributed by atoms with Gasteiger partial charge in [-0.05, 0) is 57.4 Å². The molecule has 0 amide bonds. The fourth-order valence-electron chi connectivity index (χ4n) is 2.96. The lowest BCUT2D eigenvalue weighted by Crippen LogP contribution is -2.38. The first-order valence-corrected chi connectivity index (χ1v) is 7.03. The van der Waals surface area contributed by atoms with E-state index in [9.17, 15) is 0 Å². The molecular weight excluding hydrogens is 222 g/mol. The van der Waals surface area contributed by atoms with Gasteiger partial charge in [0.2, 0.25) is 0 Å². The lowest BCUT2D eigenvalue weighted by molar-refractivity contribution is 0.111. The Kier molecular flexibility index (Phi) is 4.23. The maximum absolute atomic E-state index is 4.49. The molecule has 1 atom stereocenters.